The number of benzene rings is 1. The zero-order valence-corrected chi connectivity index (χ0v) is 12.7. The summed E-state index contributed by atoms with van der Waals surface area (Å²) in [5.41, 5.74) is -0.368. The smallest absolute Gasteiger partial charge is 0.335 e. The molecule has 0 unspecified atom stereocenters. The highest BCUT2D eigenvalue weighted by molar-refractivity contribution is 7.90. The highest BCUT2D eigenvalue weighted by atomic mass is 32.2. The lowest BCUT2D eigenvalue weighted by Crippen LogP contribution is -2.27. The van der Waals surface area contributed by atoms with Crippen LogP contribution >= 0.6 is 0 Å². The molecule has 0 aliphatic carbocycles. The van der Waals surface area contributed by atoms with Gasteiger partial charge in [0.15, 0.2) is 0 Å². The predicted molar refractivity (Wildman–Crippen MR) is 72.9 cm³/mol. The molecule has 0 spiro atoms. The predicted octanol–water partition coefficient (Wildman–Crippen LogP) is 0.237. The summed E-state index contributed by atoms with van der Waals surface area (Å²) < 4.78 is 61.1. The Hall–Kier alpha value is -1.52. The first-order valence-corrected chi connectivity index (χ1v) is 9.27. The van der Waals surface area contributed by atoms with E-state index in [1.165, 1.54) is 0 Å². The number of sulfone groups is 1. The standard InChI is InChI=1S/C11H14FNO6S2/c1-20(16,17)6-2-5-13-21(18,19)10-7-8(11(14)15)3-4-9(10)12/h3-4,7,13H,2,5-6H2,1H3,(H,14,15). The van der Waals surface area contributed by atoms with Gasteiger partial charge in [0.25, 0.3) is 0 Å². The van der Waals surface area contributed by atoms with Crippen LogP contribution in [0.3, 0.4) is 0 Å². The van der Waals surface area contributed by atoms with Crippen LogP contribution in [0.1, 0.15) is 16.8 Å². The number of hydrogen-bond acceptors (Lipinski definition) is 5. The van der Waals surface area contributed by atoms with Crippen LogP contribution in [0.5, 0.6) is 0 Å². The van der Waals surface area contributed by atoms with Gasteiger partial charge in [-0.3, -0.25) is 0 Å². The molecule has 0 amide bonds. The number of sulfonamides is 1. The quantitative estimate of drug-likeness (QED) is 0.687. The van der Waals surface area contributed by atoms with E-state index in [1.807, 2.05) is 4.72 Å². The largest absolute Gasteiger partial charge is 0.478 e. The van der Waals surface area contributed by atoms with E-state index < -0.39 is 36.5 Å². The number of rotatable bonds is 7. The van der Waals surface area contributed by atoms with Gasteiger partial charge >= 0.3 is 5.97 Å². The Bertz CT molecular complexity index is 742. The first-order chi connectivity index (χ1) is 9.53. The zero-order valence-electron chi connectivity index (χ0n) is 11.0. The number of carboxylic acid groups (broad SMARTS) is 1. The van der Waals surface area contributed by atoms with Crippen LogP contribution in [-0.2, 0) is 19.9 Å². The third-order valence-corrected chi connectivity index (χ3v) is 4.96. The first-order valence-electron chi connectivity index (χ1n) is 5.73. The molecule has 0 saturated heterocycles. The van der Waals surface area contributed by atoms with Crippen LogP contribution in [-0.4, -0.2) is 46.5 Å². The van der Waals surface area contributed by atoms with Crippen LogP contribution in [0.15, 0.2) is 23.1 Å². The molecule has 0 heterocycles. The SMILES string of the molecule is CS(=O)(=O)CCCNS(=O)(=O)c1cc(C(=O)O)ccc1F. The molecule has 21 heavy (non-hydrogen) atoms. The minimum Gasteiger partial charge on any atom is -0.478 e. The van der Waals surface area contributed by atoms with Gasteiger partial charge in [0.05, 0.1) is 11.3 Å². The van der Waals surface area contributed by atoms with E-state index in [4.69, 9.17) is 5.11 Å². The summed E-state index contributed by atoms with van der Waals surface area (Å²) in [6.07, 6.45) is 1.04. The van der Waals surface area contributed by atoms with Crippen molar-refractivity contribution >= 4 is 25.8 Å². The van der Waals surface area contributed by atoms with Crippen molar-refractivity contribution in [2.75, 3.05) is 18.6 Å². The van der Waals surface area contributed by atoms with Crippen molar-refractivity contribution in [3.63, 3.8) is 0 Å². The van der Waals surface area contributed by atoms with Gasteiger partial charge < -0.3 is 5.11 Å². The molecule has 1 aromatic carbocycles. The molecular formula is C11H14FNO6S2. The van der Waals surface area contributed by atoms with E-state index in [2.05, 4.69) is 0 Å². The molecule has 0 atom stereocenters. The number of nitrogens with one attached hydrogen (secondary N) is 1. The van der Waals surface area contributed by atoms with Crippen molar-refractivity contribution in [3.8, 4) is 0 Å². The molecule has 0 aliphatic heterocycles. The van der Waals surface area contributed by atoms with Crippen molar-refractivity contribution in [1.82, 2.24) is 4.72 Å². The van der Waals surface area contributed by atoms with Gasteiger partial charge in [-0.2, -0.15) is 0 Å². The zero-order chi connectivity index (χ0) is 16.3. The normalized spacial score (nSPS) is 12.3. The molecule has 0 fully saturated rings. The lowest BCUT2D eigenvalue weighted by molar-refractivity contribution is 0.0696. The van der Waals surface area contributed by atoms with E-state index in [-0.39, 0.29) is 24.3 Å². The molecule has 2 N–H and O–H groups in total. The van der Waals surface area contributed by atoms with Crippen molar-refractivity contribution in [2.24, 2.45) is 0 Å². The second kappa shape index (κ2) is 6.50. The van der Waals surface area contributed by atoms with Gasteiger partial charge in [-0.1, -0.05) is 0 Å². The van der Waals surface area contributed by atoms with Crippen molar-refractivity contribution < 1.29 is 31.1 Å². The average molecular weight is 339 g/mol. The maximum absolute atomic E-state index is 13.5. The summed E-state index contributed by atoms with van der Waals surface area (Å²) in [7, 11) is -7.47. The molecule has 0 bridgehead atoms. The fraction of sp³-hybridized carbons (Fsp3) is 0.364. The summed E-state index contributed by atoms with van der Waals surface area (Å²) in [6, 6.07) is 2.39. The maximum Gasteiger partial charge on any atom is 0.335 e. The molecule has 10 heteroatoms. The van der Waals surface area contributed by atoms with E-state index in [9.17, 15) is 26.0 Å². The summed E-state index contributed by atoms with van der Waals surface area (Å²) in [6.45, 7) is -0.202. The average Bonchev–Trinajstić information content (AvgIpc) is 2.33. The summed E-state index contributed by atoms with van der Waals surface area (Å²) in [4.78, 5) is 9.97. The minimum absolute atomic E-state index is 0.0261. The topological polar surface area (TPSA) is 118 Å². The highest BCUT2D eigenvalue weighted by Gasteiger charge is 2.20. The lowest BCUT2D eigenvalue weighted by atomic mass is 10.2. The van der Waals surface area contributed by atoms with Gasteiger partial charge in [0, 0.05) is 12.8 Å². The Labute approximate surface area is 121 Å². The molecule has 1 aromatic rings. The van der Waals surface area contributed by atoms with Crippen LogP contribution in [0.25, 0.3) is 0 Å². The van der Waals surface area contributed by atoms with Gasteiger partial charge in [-0.25, -0.2) is 30.7 Å². The summed E-state index contributed by atoms with van der Waals surface area (Å²) in [5, 5.41) is 8.77. The summed E-state index contributed by atoms with van der Waals surface area (Å²) >= 11 is 0. The number of hydrogen-bond donors (Lipinski definition) is 2. The van der Waals surface area contributed by atoms with Gasteiger partial charge in [0.1, 0.15) is 20.5 Å². The van der Waals surface area contributed by atoms with Gasteiger partial charge in [0.2, 0.25) is 10.0 Å². The van der Waals surface area contributed by atoms with Crippen molar-refractivity contribution in [2.45, 2.75) is 11.3 Å². The van der Waals surface area contributed by atoms with Crippen LogP contribution in [0.2, 0.25) is 0 Å². The molecule has 0 aliphatic rings. The summed E-state index contributed by atoms with van der Waals surface area (Å²) in [5.74, 6) is -2.69. The fourth-order valence-electron chi connectivity index (χ4n) is 1.46. The third kappa shape index (κ3) is 5.40. The molecule has 118 valence electrons. The molecule has 0 aromatic heterocycles. The lowest BCUT2D eigenvalue weighted by Gasteiger charge is -2.08. The number of carboxylic acids is 1. The monoisotopic (exact) mass is 339 g/mol. The van der Waals surface area contributed by atoms with E-state index >= 15 is 0 Å². The highest BCUT2D eigenvalue weighted by Crippen LogP contribution is 2.16. The Balaban J connectivity index is 2.88. The Morgan fingerprint density at radius 2 is 1.90 bits per heavy atom. The Morgan fingerprint density at radius 1 is 1.29 bits per heavy atom. The number of aromatic carboxylic acids is 1. The second-order valence-electron chi connectivity index (χ2n) is 4.33. The Morgan fingerprint density at radius 3 is 2.43 bits per heavy atom. The second-order valence-corrected chi connectivity index (χ2v) is 8.33. The number of carbonyl (C=O) groups is 1. The van der Waals surface area contributed by atoms with E-state index in [0.717, 1.165) is 18.4 Å². The third-order valence-electron chi connectivity index (χ3n) is 2.45. The number of halogens is 1. The molecular weight excluding hydrogens is 325 g/mol. The molecule has 0 saturated carbocycles. The van der Waals surface area contributed by atoms with Gasteiger partial charge in [-0.05, 0) is 24.6 Å². The van der Waals surface area contributed by atoms with Crippen LogP contribution in [0, 0.1) is 5.82 Å². The minimum atomic E-state index is -4.25. The van der Waals surface area contributed by atoms with E-state index in [0.29, 0.717) is 6.07 Å². The first kappa shape index (κ1) is 17.5. The Kier molecular flexibility index (Phi) is 5.42. The maximum atomic E-state index is 13.5. The van der Waals surface area contributed by atoms with E-state index in [1.54, 1.807) is 0 Å². The van der Waals surface area contributed by atoms with Crippen molar-refractivity contribution in [1.29, 1.82) is 0 Å². The van der Waals surface area contributed by atoms with Gasteiger partial charge in [-0.15, -0.1) is 0 Å². The fourth-order valence-corrected chi connectivity index (χ4v) is 3.31. The van der Waals surface area contributed by atoms with Crippen LogP contribution in [0.4, 0.5) is 4.39 Å². The molecule has 7 nitrogen and oxygen atoms in total. The van der Waals surface area contributed by atoms with Crippen LogP contribution < -0.4 is 4.72 Å². The molecule has 0 radical (unpaired) electrons. The molecule has 1 rings (SSSR count). The van der Waals surface area contributed by atoms with Crippen molar-refractivity contribution in [3.05, 3.63) is 29.6 Å².